The maximum absolute atomic E-state index is 13.0. The molecule has 2 aromatic rings. The van der Waals surface area contributed by atoms with Crippen molar-refractivity contribution in [2.24, 2.45) is 5.92 Å². The molecule has 7 heteroatoms. The lowest BCUT2D eigenvalue weighted by atomic mass is 9.97. The van der Waals surface area contributed by atoms with E-state index in [0.717, 1.165) is 35.9 Å². The van der Waals surface area contributed by atoms with Gasteiger partial charge in [-0.25, -0.2) is 4.98 Å². The Morgan fingerprint density at radius 1 is 1.35 bits per heavy atom. The molecule has 2 heterocycles. The third-order valence-electron chi connectivity index (χ3n) is 4.73. The molecule has 2 aromatic heterocycles. The molecule has 0 bridgehead atoms. The van der Waals surface area contributed by atoms with Crippen molar-refractivity contribution in [3.63, 3.8) is 0 Å². The third kappa shape index (κ3) is 4.14. The number of thioether (sulfide) groups is 1. The summed E-state index contributed by atoms with van der Waals surface area (Å²) < 4.78 is 1.72. The molecule has 142 valence electrons. The first-order valence-corrected chi connectivity index (χ1v) is 11.3. The lowest BCUT2D eigenvalue weighted by molar-refractivity contribution is -0.118. The van der Waals surface area contributed by atoms with Crippen LogP contribution in [0.3, 0.4) is 0 Å². The van der Waals surface area contributed by atoms with Gasteiger partial charge in [0.25, 0.3) is 5.56 Å². The van der Waals surface area contributed by atoms with Gasteiger partial charge in [0.2, 0.25) is 5.91 Å². The number of fused-ring (bicyclic) bond motifs is 3. The zero-order chi connectivity index (χ0) is 18.7. The van der Waals surface area contributed by atoms with Gasteiger partial charge in [-0.3, -0.25) is 14.2 Å². The number of aryl methyl sites for hydroxylation is 2. The van der Waals surface area contributed by atoms with Crippen molar-refractivity contribution in [1.82, 2.24) is 14.9 Å². The molecule has 1 N–H and O–H groups in total. The Kier molecular flexibility index (Phi) is 6.40. The Morgan fingerprint density at radius 3 is 2.85 bits per heavy atom. The van der Waals surface area contributed by atoms with Gasteiger partial charge in [-0.15, -0.1) is 11.3 Å². The van der Waals surface area contributed by atoms with E-state index in [4.69, 9.17) is 4.98 Å². The largest absolute Gasteiger partial charge is 0.355 e. The number of hydrogen-bond donors (Lipinski definition) is 1. The summed E-state index contributed by atoms with van der Waals surface area (Å²) in [5, 5.41) is 4.41. The molecule has 0 radical (unpaired) electrons. The summed E-state index contributed by atoms with van der Waals surface area (Å²) >= 11 is 3.02. The number of amides is 1. The Balaban J connectivity index is 1.80. The summed E-state index contributed by atoms with van der Waals surface area (Å²) in [5.74, 6) is 0.862. The molecule has 0 aliphatic heterocycles. The van der Waals surface area contributed by atoms with E-state index in [1.807, 2.05) is 6.92 Å². The van der Waals surface area contributed by atoms with Crippen LogP contribution in [0, 0.1) is 5.92 Å². The van der Waals surface area contributed by atoms with Gasteiger partial charge in [-0.05, 0) is 50.5 Å². The summed E-state index contributed by atoms with van der Waals surface area (Å²) in [4.78, 5) is 32.0. The standard InChI is InChI=1S/C19H27N3O2S2/c1-4-22-18(24)16-13-7-5-6-8-14(13)26-17(16)21-19(22)25-11-15(23)20-10-9-12(2)3/h12H,4-11H2,1-3H3,(H,20,23). The Bertz CT molecular complexity index is 855. The summed E-state index contributed by atoms with van der Waals surface area (Å²) in [6.07, 6.45) is 5.36. The second-order valence-electron chi connectivity index (χ2n) is 7.16. The first-order chi connectivity index (χ1) is 12.5. The highest BCUT2D eigenvalue weighted by atomic mass is 32.2. The van der Waals surface area contributed by atoms with Crippen LogP contribution in [0.5, 0.6) is 0 Å². The van der Waals surface area contributed by atoms with Gasteiger partial charge >= 0.3 is 0 Å². The van der Waals surface area contributed by atoms with E-state index in [9.17, 15) is 9.59 Å². The minimum absolute atomic E-state index is 0.00174. The predicted molar refractivity (Wildman–Crippen MR) is 109 cm³/mol. The molecule has 0 atom stereocenters. The molecule has 5 nitrogen and oxygen atoms in total. The molecule has 0 fully saturated rings. The van der Waals surface area contributed by atoms with Gasteiger partial charge in [-0.2, -0.15) is 0 Å². The minimum Gasteiger partial charge on any atom is -0.355 e. The molecule has 3 rings (SSSR count). The summed E-state index contributed by atoms with van der Waals surface area (Å²) in [6.45, 7) is 7.51. The van der Waals surface area contributed by atoms with Gasteiger partial charge in [-0.1, -0.05) is 25.6 Å². The summed E-state index contributed by atoms with van der Waals surface area (Å²) in [6, 6.07) is 0. The van der Waals surface area contributed by atoms with E-state index in [-0.39, 0.29) is 11.5 Å². The Morgan fingerprint density at radius 2 is 2.12 bits per heavy atom. The van der Waals surface area contributed by atoms with Crippen molar-refractivity contribution in [1.29, 1.82) is 0 Å². The zero-order valence-electron chi connectivity index (χ0n) is 15.8. The molecule has 0 saturated carbocycles. The molecule has 0 saturated heterocycles. The first kappa shape index (κ1) is 19.4. The van der Waals surface area contributed by atoms with Crippen molar-refractivity contribution in [2.45, 2.75) is 64.6 Å². The van der Waals surface area contributed by atoms with E-state index < -0.39 is 0 Å². The van der Waals surface area contributed by atoms with Gasteiger partial charge in [0.15, 0.2) is 5.16 Å². The zero-order valence-corrected chi connectivity index (χ0v) is 17.4. The van der Waals surface area contributed by atoms with E-state index in [0.29, 0.717) is 29.9 Å². The highest BCUT2D eigenvalue weighted by molar-refractivity contribution is 7.99. The molecule has 0 aromatic carbocycles. The predicted octanol–water partition coefficient (Wildman–Crippen LogP) is 3.61. The minimum atomic E-state index is -0.00174. The number of carbonyl (C=O) groups excluding carboxylic acids is 1. The van der Waals surface area contributed by atoms with Gasteiger partial charge < -0.3 is 5.32 Å². The highest BCUT2D eigenvalue weighted by Gasteiger charge is 2.22. The smallest absolute Gasteiger partial charge is 0.263 e. The topological polar surface area (TPSA) is 64.0 Å². The second-order valence-corrected chi connectivity index (χ2v) is 9.18. The molecule has 0 unspecified atom stereocenters. The second kappa shape index (κ2) is 8.57. The van der Waals surface area contributed by atoms with Crippen molar-refractivity contribution in [3.8, 4) is 0 Å². The van der Waals surface area contributed by atoms with Crippen molar-refractivity contribution < 1.29 is 4.79 Å². The fourth-order valence-electron chi connectivity index (χ4n) is 3.29. The maximum atomic E-state index is 13.0. The molecular weight excluding hydrogens is 366 g/mol. The first-order valence-electron chi connectivity index (χ1n) is 9.45. The highest BCUT2D eigenvalue weighted by Crippen LogP contribution is 2.34. The number of nitrogens with zero attached hydrogens (tertiary/aromatic N) is 2. The van der Waals surface area contributed by atoms with Crippen LogP contribution in [0.4, 0.5) is 0 Å². The van der Waals surface area contributed by atoms with E-state index in [1.54, 1.807) is 15.9 Å². The van der Waals surface area contributed by atoms with Gasteiger partial charge in [0, 0.05) is 18.0 Å². The summed E-state index contributed by atoms with van der Waals surface area (Å²) in [5.41, 5.74) is 1.28. The van der Waals surface area contributed by atoms with Crippen molar-refractivity contribution >= 4 is 39.2 Å². The quantitative estimate of drug-likeness (QED) is 0.576. The monoisotopic (exact) mass is 393 g/mol. The van der Waals surface area contributed by atoms with Crippen LogP contribution in [0.25, 0.3) is 10.2 Å². The third-order valence-corrected chi connectivity index (χ3v) is 6.89. The number of nitrogens with one attached hydrogen (secondary N) is 1. The van der Waals surface area contributed by atoms with Crippen molar-refractivity contribution in [2.75, 3.05) is 12.3 Å². The molecule has 1 amide bonds. The lowest BCUT2D eigenvalue weighted by Gasteiger charge is -2.12. The summed E-state index contributed by atoms with van der Waals surface area (Å²) in [7, 11) is 0. The Hall–Kier alpha value is -1.34. The van der Waals surface area contributed by atoms with E-state index >= 15 is 0 Å². The van der Waals surface area contributed by atoms with Crippen LogP contribution in [0.15, 0.2) is 9.95 Å². The Labute approximate surface area is 162 Å². The number of thiophene rings is 1. The molecule has 1 aliphatic carbocycles. The van der Waals surface area contributed by atoms with Crippen LogP contribution in [-0.2, 0) is 24.2 Å². The van der Waals surface area contributed by atoms with Crippen molar-refractivity contribution in [3.05, 3.63) is 20.8 Å². The van der Waals surface area contributed by atoms with Crippen LogP contribution in [-0.4, -0.2) is 27.8 Å². The van der Waals surface area contributed by atoms with Crippen LogP contribution in [0.1, 0.15) is 50.5 Å². The number of rotatable bonds is 7. The molecule has 1 aliphatic rings. The van der Waals surface area contributed by atoms with Gasteiger partial charge in [0.1, 0.15) is 4.83 Å². The number of carbonyl (C=O) groups is 1. The number of aromatic nitrogens is 2. The maximum Gasteiger partial charge on any atom is 0.263 e. The molecule has 0 spiro atoms. The average molecular weight is 394 g/mol. The molecule has 26 heavy (non-hydrogen) atoms. The normalized spacial score (nSPS) is 14.0. The van der Waals surface area contributed by atoms with Gasteiger partial charge in [0.05, 0.1) is 11.1 Å². The van der Waals surface area contributed by atoms with Crippen LogP contribution in [0.2, 0.25) is 0 Å². The van der Waals surface area contributed by atoms with E-state index in [2.05, 4.69) is 19.2 Å². The number of hydrogen-bond acceptors (Lipinski definition) is 5. The van der Waals surface area contributed by atoms with E-state index in [1.165, 1.54) is 28.6 Å². The average Bonchev–Trinajstić information content (AvgIpc) is 2.98. The SMILES string of the molecule is CCn1c(SCC(=O)NCCC(C)C)nc2sc3c(c2c1=O)CCCC3. The van der Waals surface area contributed by atoms with Crippen LogP contribution < -0.4 is 10.9 Å². The fraction of sp³-hybridized carbons (Fsp3) is 0.632. The molecular formula is C19H27N3O2S2. The lowest BCUT2D eigenvalue weighted by Crippen LogP contribution is -2.28. The van der Waals surface area contributed by atoms with Crippen LogP contribution >= 0.6 is 23.1 Å². The fourth-order valence-corrected chi connectivity index (χ4v) is 5.49.